The van der Waals surface area contributed by atoms with E-state index in [0.717, 1.165) is 21.8 Å². The van der Waals surface area contributed by atoms with Gasteiger partial charge in [0.1, 0.15) is 121 Å². The van der Waals surface area contributed by atoms with Crippen molar-refractivity contribution in [3.8, 4) is 0 Å². The number of rotatable bonds is 6. The zero-order chi connectivity index (χ0) is 95.6. The highest BCUT2D eigenvalue weighted by molar-refractivity contribution is 7.48. The molecule has 29 atom stereocenters. The summed E-state index contributed by atoms with van der Waals surface area (Å²) in [6.45, 7) is -5.34. The summed E-state index contributed by atoms with van der Waals surface area (Å²) in [5, 5.41) is 56.4. The molecule has 63 nitrogen and oxygen atoms in total. The minimum Gasteiger partial charge on any atom is -0.398 e. The van der Waals surface area contributed by atoms with E-state index in [1.807, 2.05) is 4.98 Å². The molecule has 21 heterocycles. The Morgan fingerprint density at radius 1 is 0.378 bits per heavy atom. The van der Waals surface area contributed by atoms with Crippen molar-refractivity contribution in [2.75, 3.05) is 68.3 Å². The van der Waals surface area contributed by atoms with E-state index in [2.05, 4.69) is 59.8 Å². The summed E-state index contributed by atoms with van der Waals surface area (Å²) >= 11 is 0. The molecule has 0 spiro atoms. The number of nitrogens with zero attached hydrogens (tertiary/aromatic N) is 15. The van der Waals surface area contributed by atoms with Crippen LogP contribution in [-0.4, -0.2) is 290 Å². The number of fused-ring (bicyclic) bond motifs is 15. The van der Waals surface area contributed by atoms with E-state index in [4.69, 9.17) is 111 Å². The smallest absolute Gasteiger partial charge is 0.398 e. The summed E-state index contributed by atoms with van der Waals surface area (Å²) in [5.74, 6) is -4.01. The van der Waals surface area contributed by atoms with Gasteiger partial charge < -0.3 is 121 Å². The number of aromatic amines is 4. The SMILES string of the molecule is Nc1ccnc2c1ccn2[C@@H]1O[C@@H]2COP(=O)(O)O[C@@H]3[C@H](O)[C@@H](COP(=O)(O)O[C@H]2[C@H]1O)O[C@H]3n1cnc2c(=O)[nH]c(=O)[nH]c21.Nc1nc2c(ncn2[C@@H]2O[C@@H]3COP(=O)(O)O[C@H]4[C@@H](O)[C@H](n5ccc6c(N)ccnc65)O[C@@H]4COP(=O)(O)O[C@@H]2C3)c(=O)[nH]1.Nc1nc2c(ncn2[C@@H]2O[C@]3(F)COP(=O)(O)O[C@H]4[C@@H](O)[C@H](n5cnc6c(N)ccnc65)O[C@@H]4COP(=O)(O)O[C@@H]2[C@@H]3O)c(=O)[nH]1. The second-order valence-electron chi connectivity index (χ2n) is 31.2. The van der Waals surface area contributed by atoms with Gasteiger partial charge in [-0.2, -0.15) is 9.97 Å². The van der Waals surface area contributed by atoms with E-state index in [9.17, 15) is 101 Å². The highest BCUT2D eigenvalue weighted by Gasteiger charge is 2.63. The topological polar surface area (TPSA) is 898 Å². The quantitative estimate of drug-likeness (QED) is 0.0740. The van der Waals surface area contributed by atoms with Crippen LogP contribution in [0.3, 0.4) is 0 Å². The van der Waals surface area contributed by atoms with E-state index < -0.39 is 250 Å². The van der Waals surface area contributed by atoms with Crippen molar-refractivity contribution in [3.63, 3.8) is 0 Å². The van der Waals surface area contributed by atoms with E-state index in [0.29, 0.717) is 33.4 Å². The van der Waals surface area contributed by atoms with Gasteiger partial charge in [0.15, 0.2) is 70.9 Å². The number of aliphatic hydroxyl groups excluding tert-OH is 5. The molecule has 12 aromatic heterocycles. The number of pyridine rings is 3. The first-order valence-corrected chi connectivity index (χ1v) is 48.5. The second kappa shape index (κ2) is 35.2. The Morgan fingerprint density at radius 3 is 1.30 bits per heavy atom. The molecule has 0 saturated carbocycles. The molecular weight excluding hydrogens is 1950 g/mol. The third-order valence-corrected chi connectivity index (χ3v) is 28.5. The van der Waals surface area contributed by atoms with Gasteiger partial charge in [-0.3, -0.25) is 107 Å². The largest absolute Gasteiger partial charge is 0.472 e. The number of phosphoric ester groups is 6. The summed E-state index contributed by atoms with van der Waals surface area (Å²) in [6.07, 6.45) is -23.2. The predicted octanol–water partition coefficient (Wildman–Crippen LogP) is -2.96. The first-order chi connectivity index (χ1) is 63.9. The Morgan fingerprint density at radius 2 is 0.778 bits per heavy atom. The van der Waals surface area contributed by atoms with Crippen molar-refractivity contribution in [3.05, 3.63) is 128 Å². The number of aromatic nitrogens is 19. The lowest BCUT2D eigenvalue weighted by Crippen LogP contribution is -2.43. The van der Waals surface area contributed by atoms with Gasteiger partial charge in [-0.15, -0.1) is 0 Å². The summed E-state index contributed by atoms with van der Waals surface area (Å²) in [6, 6.07) is 7.89. The highest BCUT2D eigenvalue weighted by atomic mass is 31.2. The monoisotopic (exact) mass is 2020 g/mol. The van der Waals surface area contributed by atoms with Crippen molar-refractivity contribution < 1.29 is 169 Å². The van der Waals surface area contributed by atoms with Crippen LogP contribution in [0, 0.1) is 0 Å². The number of hydrogen-bond donors (Lipinski definition) is 20. The van der Waals surface area contributed by atoms with Crippen LogP contribution in [-0.2, 0) is 110 Å². The minimum atomic E-state index is -5.34. The van der Waals surface area contributed by atoms with E-state index in [1.54, 1.807) is 30.5 Å². The molecule has 9 saturated heterocycles. The van der Waals surface area contributed by atoms with Crippen molar-refractivity contribution in [1.29, 1.82) is 0 Å². The van der Waals surface area contributed by atoms with Crippen molar-refractivity contribution in [2.45, 2.75) is 147 Å². The van der Waals surface area contributed by atoms with Crippen molar-refractivity contribution >= 4 is 143 Å². The standard InChI is InChI=1S/C22H26N8O12P2.C22H25N7O14P2.C21H24FN9O13P2/c23-11-1-3-25-17-10(11)2-4-29(17)21-15(31)16-13(40-21)7-38-43(33,34)41-12-5-9(6-37-44(35,36)42-16)39-20(12)30-8-26-14-18(30)27-22(24)28-19(14)32;23-9-1-3-24-17-8(9)2-4-28(17)20-14(31)15-11(41-20)6-39-45(36,37)43-16-13(30)10(5-38-44(34,35)42-15)40-21(16)29-7-25-12-18(29)26-22(33)27-19(12)32;22-21-4-40-46(37,38)43-12-8(41-18(11(12)32)30-5-26-9-7(23)1-2-25-15(9)30)3-39-45(35,36)44-13(14(21)33)19(42-21)31-6-27-10-16(31)28-20(24)29-17(10)34/h1-4,8-9,12-13,15-16,20-21,31H,5-7H2,(H2,23,25)(H,33,34)(H,35,36)(H3,24,27,28,32);1-4,7,10-11,13-16,20-21,30-31H,5-6H2,(H2,23,24)(H,34,35)(H,36,37)(H2,26,27,32,33);1-2,5-6,8,11-14,18-19,32-33H,3-4H2,(H2,23,25)(H,35,36)(H,37,38)(H3,24,28,29,34)/t9-,12+,13+,15+,16+,20+,21+;10-,11-,13-,14-,15-,16-,20-,21-;8-,11-,12-,13-,14+,18-,19-,21-/m011/s1. The van der Waals surface area contributed by atoms with Crippen LogP contribution >= 0.6 is 46.9 Å². The summed E-state index contributed by atoms with van der Waals surface area (Å²) in [4.78, 5) is 158. The fraction of sp³-hybridized carbons (Fsp3) is 0.462. The first-order valence-electron chi connectivity index (χ1n) is 39.5. The fourth-order valence-corrected chi connectivity index (χ4v) is 22.1. The lowest BCUT2D eigenvalue weighted by molar-refractivity contribution is -0.204. The molecule has 9 fully saturated rings. The van der Waals surface area contributed by atoms with Crippen molar-refractivity contribution in [1.82, 2.24) is 92.2 Å². The maximum Gasteiger partial charge on any atom is 0.472 e. The van der Waals surface area contributed by atoms with Crippen LogP contribution in [0.2, 0.25) is 0 Å². The summed E-state index contributed by atoms with van der Waals surface area (Å²) < 4.78 is 199. The molecule has 0 radical (unpaired) electrons. The van der Waals surface area contributed by atoms with Gasteiger partial charge in [0.2, 0.25) is 11.9 Å². The summed E-state index contributed by atoms with van der Waals surface area (Å²) in [7, 11) is -30.6. The lowest BCUT2D eigenvalue weighted by atomic mass is 10.1. The van der Waals surface area contributed by atoms with Crippen LogP contribution in [0.1, 0.15) is 43.8 Å². The molecule has 70 heteroatoms. The normalized spacial score (nSPS) is 37.7. The zero-order valence-electron chi connectivity index (χ0n) is 67.7. The fourth-order valence-electron chi connectivity index (χ4n) is 16.4. The molecular formula is C65H75FN24O39P6. The maximum atomic E-state index is 16.2. The molecule has 9 aliphatic rings. The maximum absolute atomic E-state index is 16.2. The van der Waals surface area contributed by atoms with E-state index in [1.165, 1.54) is 61.8 Å². The number of nitrogens with two attached hydrogens (primary N) is 5. The first kappa shape index (κ1) is 94.0. The predicted molar refractivity (Wildman–Crippen MR) is 438 cm³/mol. The molecule has 726 valence electrons. The van der Waals surface area contributed by atoms with Crippen LogP contribution in [0.15, 0.2) is 106 Å². The van der Waals surface area contributed by atoms with E-state index >= 15 is 4.39 Å². The number of nitrogen functional groups attached to an aromatic ring is 5. The van der Waals surface area contributed by atoms with Gasteiger partial charge in [0.25, 0.3) is 22.5 Å². The molecule has 6 unspecified atom stereocenters. The molecule has 9 aliphatic heterocycles. The number of imidazole rings is 4. The van der Waals surface area contributed by atoms with Crippen LogP contribution < -0.4 is 51.0 Å². The van der Waals surface area contributed by atoms with Gasteiger partial charge in [-0.05, 0) is 30.3 Å². The van der Waals surface area contributed by atoms with Gasteiger partial charge in [0.05, 0.1) is 70.1 Å². The number of phosphoric acid groups is 6. The van der Waals surface area contributed by atoms with Gasteiger partial charge in [-0.25, -0.2) is 71.5 Å². The molecule has 0 aromatic carbocycles. The number of ether oxygens (including phenoxy) is 6. The average molecular weight is 2020 g/mol. The van der Waals surface area contributed by atoms with E-state index in [-0.39, 0.29) is 68.7 Å². The van der Waals surface area contributed by atoms with Gasteiger partial charge in [0, 0.05) is 59.6 Å². The number of H-pyrrole nitrogens is 4. The zero-order valence-corrected chi connectivity index (χ0v) is 73.1. The molecule has 0 aliphatic carbocycles. The number of halogens is 1. The molecule has 0 amide bonds. The Bertz CT molecular complexity index is 7200. The number of alkyl halides is 1. The minimum absolute atomic E-state index is 0.00611. The molecule has 6 bridgehead atoms. The lowest BCUT2D eigenvalue weighted by Gasteiger charge is -2.26. The number of hydrogen-bond acceptors (Lipinski definition) is 47. The third-order valence-electron chi connectivity index (χ3n) is 22.5. The molecule has 135 heavy (non-hydrogen) atoms. The average Bonchev–Trinajstić information content (AvgIpc) is 1.59. The molecule has 12 aromatic rings. The second-order valence-corrected chi connectivity index (χ2v) is 39.6. The van der Waals surface area contributed by atoms with Crippen LogP contribution in [0.5, 0.6) is 0 Å². The molecule has 21 rings (SSSR count). The number of aliphatic hydroxyl groups is 5. The van der Waals surface area contributed by atoms with Gasteiger partial charge in [-0.1, -0.05) is 0 Å². The summed E-state index contributed by atoms with van der Waals surface area (Å²) in [5.41, 5.74) is 27.0. The van der Waals surface area contributed by atoms with Crippen LogP contribution in [0.4, 0.5) is 33.3 Å². The Kier molecular flexibility index (Phi) is 24.5. The number of nitrogens with one attached hydrogen (secondary N) is 4. The Hall–Kier alpha value is -10.0. The molecule has 25 N–H and O–H groups in total. The van der Waals surface area contributed by atoms with Crippen LogP contribution in [0.25, 0.3) is 66.7 Å². The number of anilines is 5. The van der Waals surface area contributed by atoms with Crippen molar-refractivity contribution in [2.24, 2.45) is 0 Å². The Balaban J connectivity index is 0.000000130. The van der Waals surface area contributed by atoms with Gasteiger partial charge >= 0.3 is 52.6 Å². The third kappa shape index (κ3) is 18.0. The Labute approximate surface area is 745 Å². The highest BCUT2D eigenvalue weighted by Crippen LogP contribution is 2.60.